The number of rotatable bonds is 3. The van der Waals surface area contributed by atoms with E-state index in [-0.39, 0.29) is 11.4 Å². The maximum atomic E-state index is 14.7. The Morgan fingerprint density at radius 3 is 2.90 bits per heavy atom. The Kier molecular flexibility index (Phi) is 4.72. The van der Waals surface area contributed by atoms with Crippen LogP contribution in [-0.4, -0.2) is 34.5 Å². The SMILES string of the molecule is CC1C(c2cc3c(Nc4cc5ncsc5cc4F)c(F)cnc3s2)CCCN1C. The quantitative estimate of drug-likeness (QED) is 0.425. The number of nitrogens with zero attached hydrogens (tertiary/aromatic N) is 3. The van der Waals surface area contributed by atoms with Gasteiger partial charge in [-0.2, -0.15) is 0 Å². The van der Waals surface area contributed by atoms with Crippen molar-refractivity contribution in [2.75, 3.05) is 18.9 Å². The molecule has 1 saturated heterocycles. The van der Waals surface area contributed by atoms with Crippen molar-refractivity contribution in [2.45, 2.75) is 31.7 Å². The zero-order chi connectivity index (χ0) is 20.1. The fourth-order valence-electron chi connectivity index (χ4n) is 4.10. The number of nitrogens with one attached hydrogen (secondary N) is 1. The van der Waals surface area contributed by atoms with Crippen LogP contribution in [0.5, 0.6) is 0 Å². The molecule has 1 fully saturated rings. The molecule has 0 radical (unpaired) electrons. The minimum atomic E-state index is -0.492. The highest BCUT2D eigenvalue weighted by atomic mass is 32.1. The summed E-state index contributed by atoms with van der Waals surface area (Å²) in [4.78, 5) is 12.9. The second-order valence-electron chi connectivity index (χ2n) is 7.60. The van der Waals surface area contributed by atoms with Gasteiger partial charge < -0.3 is 10.2 Å². The second-order valence-corrected chi connectivity index (χ2v) is 9.54. The van der Waals surface area contributed by atoms with Gasteiger partial charge in [0.2, 0.25) is 0 Å². The maximum Gasteiger partial charge on any atom is 0.165 e. The summed E-state index contributed by atoms with van der Waals surface area (Å²) in [7, 11) is 2.15. The van der Waals surface area contributed by atoms with Crippen LogP contribution in [0.15, 0.2) is 29.9 Å². The zero-order valence-electron chi connectivity index (χ0n) is 16.1. The van der Waals surface area contributed by atoms with E-state index in [0.29, 0.717) is 22.9 Å². The summed E-state index contributed by atoms with van der Waals surface area (Å²) in [6, 6.07) is 5.50. The fraction of sp³-hybridized carbons (Fsp3) is 0.333. The molecule has 4 nitrogen and oxygen atoms in total. The van der Waals surface area contributed by atoms with Gasteiger partial charge >= 0.3 is 0 Å². The standard InChI is InChI=1S/C21H20F2N4S2/c1-11-12(4-3-5-27(11)2)18-6-13-20(15(23)9-24-21(13)29-18)26-16-8-17-19(7-14(16)22)28-10-25-17/h6-12H,3-5H2,1-2H3,(H,24,26). The normalized spacial score (nSPS) is 20.6. The molecule has 2 unspecified atom stereocenters. The Bertz CT molecular complexity index is 1200. The van der Waals surface area contributed by atoms with Gasteiger partial charge in [0.05, 0.1) is 33.3 Å². The third-order valence-electron chi connectivity index (χ3n) is 5.88. The van der Waals surface area contributed by atoms with Gasteiger partial charge in [-0.25, -0.2) is 18.7 Å². The fourth-order valence-corrected chi connectivity index (χ4v) is 6.02. The molecule has 0 aliphatic carbocycles. The van der Waals surface area contributed by atoms with E-state index < -0.39 is 11.6 Å². The van der Waals surface area contributed by atoms with Crippen molar-refractivity contribution in [1.29, 1.82) is 0 Å². The molecule has 0 spiro atoms. The molecule has 3 aromatic heterocycles. The number of fused-ring (bicyclic) bond motifs is 2. The van der Waals surface area contributed by atoms with E-state index in [2.05, 4.69) is 34.2 Å². The topological polar surface area (TPSA) is 41.1 Å². The highest BCUT2D eigenvalue weighted by Crippen LogP contribution is 2.41. The number of pyridine rings is 1. The van der Waals surface area contributed by atoms with Crippen LogP contribution >= 0.6 is 22.7 Å². The molecule has 0 bridgehead atoms. The van der Waals surface area contributed by atoms with Crippen LogP contribution in [0.1, 0.15) is 30.6 Å². The van der Waals surface area contributed by atoms with E-state index in [4.69, 9.17) is 0 Å². The van der Waals surface area contributed by atoms with Crippen molar-refractivity contribution in [1.82, 2.24) is 14.9 Å². The third kappa shape index (κ3) is 3.29. The lowest BCUT2D eigenvalue weighted by molar-refractivity contribution is 0.176. The Morgan fingerprint density at radius 2 is 2.03 bits per heavy atom. The minimum Gasteiger partial charge on any atom is -0.350 e. The first-order chi connectivity index (χ1) is 14.0. The molecular weight excluding hydrogens is 410 g/mol. The van der Waals surface area contributed by atoms with Crippen molar-refractivity contribution >= 4 is 54.5 Å². The van der Waals surface area contributed by atoms with Crippen molar-refractivity contribution < 1.29 is 8.78 Å². The molecule has 4 heterocycles. The van der Waals surface area contributed by atoms with Gasteiger partial charge in [-0.05, 0) is 51.6 Å². The lowest BCUT2D eigenvalue weighted by Crippen LogP contribution is -2.38. The van der Waals surface area contributed by atoms with E-state index in [0.717, 1.165) is 28.9 Å². The maximum absolute atomic E-state index is 14.7. The molecule has 0 saturated carbocycles. The number of thiazole rings is 1. The Morgan fingerprint density at radius 1 is 1.17 bits per heavy atom. The predicted octanol–water partition coefficient (Wildman–Crippen LogP) is 6.13. The number of hydrogen-bond acceptors (Lipinski definition) is 6. The number of piperidine rings is 1. The number of anilines is 2. The molecule has 1 aliphatic heterocycles. The van der Waals surface area contributed by atoms with E-state index in [9.17, 15) is 8.78 Å². The largest absolute Gasteiger partial charge is 0.350 e. The Labute approximate surface area is 175 Å². The molecule has 4 aromatic rings. The Hall–Kier alpha value is -2.16. The van der Waals surface area contributed by atoms with Crippen LogP contribution in [0.4, 0.5) is 20.2 Å². The molecule has 150 valence electrons. The van der Waals surface area contributed by atoms with Crippen molar-refractivity contribution in [3.05, 3.63) is 46.4 Å². The molecule has 1 aliphatic rings. The van der Waals surface area contributed by atoms with Gasteiger partial charge in [0, 0.05) is 22.2 Å². The lowest BCUT2D eigenvalue weighted by atomic mass is 9.89. The van der Waals surface area contributed by atoms with Crippen LogP contribution in [0, 0.1) is 11.6 Å². The van der Waals surface area contributed by atoms with E-state index in [1.165, 1.54) is 28.5 Å². The number of halogens is 2. The first kappa shape index (κ1) is 18.8. The second kappa shape index (κ2) is 7.27. The number of likely N-dealkylation sites (N-methyl/N-ethyl adjacent to an activating group) is 1. The van der Waals surface area contributed by atoms with Crippen LogP contribution in [0.25, 0.3) is 20.4 Å². The number of aromatic nitrogens is 2. The lowest BCUT2D eigenvalue weighted by Gasteiger charge is -2.36. The molecule has 0 amide bonds. The van der Waals surface area contributed by atoms with E-state index in [1.54, 1.807) is 22.9 Å². The monoisotopic (exact) mass is 430 g/mol. The molecule has 1 aromatic carbocycles. The first-order valence-corrected chi connectivity index (χ1v) is 11.3. The molecule has 29 heavy (non-hydrogen) atoms. The predicted molar refractivity (Wildman–Crippen MR) is 117 cm³/mol. The summed E-state index contributed by atoms with van der Waals surface area (Å²) in [5.41, 5.74) is 2.85. The van der Waals surface area contributed by atoms with Crippen LogP contribution < -0.4 is 5.32 Å². The Balaban J connectivity index is 1.57. The van der Waals surface area contributed by atoms with Crippen molar-refractivity contribution in [3.63, 3.8) is 0 Å². The third-order valence-corrected chi connectivity index (χ3v) is 7.85. The van der Waals surface area contributed by atoms with Crippen LogP contribution in [0.2, 0.25) is 0 Å². The van der Waals surface area contributed by atoms with E-state index >= 15 is 0 Å². The highest BCUT2D eigenvalue weighted by molar-refractivity contribution is 7.18. The molecule has 8 heteroatoms. The van der Waals surface area contributed by atoms with Gasteiger partial charge in [0.15, 0.2) is 5.82 Å². The summed E-state index contributed by atoms with van der Waals surface area (Å²) >= 11 is 2.98. The van der Waals surface area contributed by atoms with Crippen LogP contribution in [-0.2, 0) is 0 Å². The zero-order valence-corrected chi connectivity index (χ0v) is 17.7. The summed E-state index contributed by atoms with van der Waals surface area (Å²) in [5, 5.41) is 3.67. The molecule has 5 rings (SSSR count). The highest BCUT2D eigenvalue weighted by Gasteiger charge is 2.29. The summed E-state index contributed by atoms with van der Waals surface area (Å²) in [6.07, 6.45) is 3.46. The minimum absolute atomic E-state index is 0.216. The molecular formula is C21H20F2N4S2. The van der Waals surface area contributed by atoms with Gasteiger partial charge in [0.1, 0.15) is 10.6 Å². The summed E-state index contributed by atoms with van der Waals surface area (Å²) in [6.45, 7) is 3.33. The number of hydrogen-bond donors (Lipinski definition) is 1. The van der Waals surface area contributed by atoms with Gasteiger partial charge in [-0.3, -0.25) is 0 Å². The summed E-state index contributed by atoms with van der Waals surface area (Å²) in [5.74, 6) is -0.524. The van der Waals surface area contributed by atoms with Crippen molar-refractivity contribution in [2.24, 2.45) is 0 Å². The first-order valence-electron chi connectivity index (χ1n) is 9.59. The molecule has 1 N–H and O–H groups in total. The van der Waals surface area contributed by atoms with Gasteiger partial charge in [-0.15, -0.1) is 22.7 Å². The van der Waals surface area contributed by atoms with Crippen molar-refractivity contribution in [3.8, 4) is 0 Å². The van der Waals surface area contributed by atoms with Gasteiger partial charge in [0.25, 0.3) is 0 Å². The average molecular weight is 431 g/mol. The number of benzene rings is 1. The van der Waals surface area contributed by atoms with Gasteiger partial charge in [-0.1, -0.05) is 0 Å². The van der Waals surface area contributed by atoms with Crippen LogP contribution in [0.3, 0.4) is 0 Å². The summed E-state index contributed by atoms with van der Waals surface area (Å²) < 4.78 is 30.1. The smallest absolute Gasteiger partial charge is 0.165 e. The molecule has 2 atom stereocenters. The van der Waals surface area contributed by atoms with E-state index in [1.807, 2.05) is 6.07 Å². The number of thiophene rings is 1. The average Bonchev–Trinajstić information content (AvgIpc) is 3.33. The number of likely N-dealkylation sites (tertiary alicyclic amines) is 1.